The minimum atomic E-state index is 0.0370. The molecular formula is C14H17N3OS. The fraction of sp³-hybridized carbons (Fsp3) is 0.429. The largest absolute Gasteiger partial charge is 0.347 e. The van der Waals surface area contributed by atoms with Crippen LogP contribution in [0.15, 0.2) is 23.8 Å². The Bertz CT molecular complexity index is 561. The lowest BCUT2D eigenvalue weighted by Crippen LogP contribution is -2.33. The van der Waals surface area contributed by atoms with Crippen LogP contribution in [0.25, 0.3) is 0 Å². The first-order valence-corrected chi connectivity index (χ1v) is 7.43. The monoisotopic (exact) mass is 275 g/mol. The molecule has 0 saturated heterocycles. The summed E-state index contributed by atoms with van der Waals surface area (Å²) in [6.45, 7) is 0.543. The van der Waals surface area contributed by atoms with Gasteiger partial charge in [0.2, 0.25) is 5.91 Å². The number of rotatable bonds is 3. The van der Waals surface area contributed by atoms with Gasteiger partial charge >= 0.3 is 0 Å². The van der Waals surface area contributed by atoms with Crippen molar-refractivity contribution < 1.29 is 4.79 Å². The van der Waals surface area contributed by atoms with Crippen LogP contribution in [0.2, 0.25) is 0 Å². The molecule has 19 heavy (non-hydrogen) atoms. The molecule has 5 heteroatoms. The van der Waals surface area contributed by atoms with Crippen molar-refractivity contribution in [3.63, 3.8) is 0 Å². The molecular weight excluding hydrogens is 258 g/mol. The molecule has 1 N–H and O–H groups in total. The third-order valence-electron chi connectivity index (χ3n) is 3.67. The number of likely N-dealkylation sites (N-methyl/N-ethyl adjacent to an activating group) is 1. The van der Waals surface area contributed by atoms with Crippen molar-refractivity contribution in [1.29, 1.82) is 0 Å². The summed E-state index contributed by atoms with van der Waals surface area (Å²) in [6.07, 6.45) is 6.69. The molecule has 2 aromatic rings. The van der Waals surface area contributed by atoms with E-state index in [4.69, 9.17) is 0 Å². The van der Waals surface area contributed by atoms with Crippen molar-refractivity contribution in [2.45, 2.75) is 31.7 Å². The fourth-order valence-corrected chi connectivity index (χ4v) is 3.68. The van der Waals surface area contributed by atoms with Crippen LogP contribution in [0, 0.1) is 0 Å². The van der Waals surface area contributed by atoms with E-state index in [-0.39, 0.29) is 11.8 Å². The number of aromatic nitrogens is 2. The number of H-pyrrole nitrogens is 1. The normalized spacial score (nSPS) is 18.1. The average molecular weight is 275 g/mol. The lowest BCUT2D eigenvalue weighted by Gasteiger charge is -2.26. The van der Waals surface area contributed by atoms with Gasteiger partial charge in [-0.2, -0.15) is 0 Å². The van der Waals surface area contributed by atoms with E-state index >= 15 is 0 Å². The van der Waals surface area contributed by atoms with Crippen LogP contribution in [-0.4, -0.2) is 27.8 Å². The summed E-state index contributed by atoms with van der Waals surface area (Å²) >= 11 is 1.77. The third-order valence-corrected chi connectivity index (χ3v) is 4.66. The number of aryl methyl sites for hydroxylation is 1. The Morgan fingerprint density at radius 2 is 2.53 bits per heavy atom. The predicted octanol–water partition coefficient (Wildman–Crippen LogP) is 2.55. The van der Waals surface area contributed by atoms with E-state index in [1.165, 1.54) is 10.4 Å². The van der Waals surface area contributed by atoms with Gasteiger partial charge in [0.05, 0.1) is 12.5 Å². The SMILES string of the molecule is CN(Cc1ncc[nH]1)C(=O)C1CCCc2sccc21. The van der Waals surface area contributed by atoms with Gasteiger partial charge in [-0.1, -0.05) is 0 Å². The van der Waals surface area contributed by atoms with Crippen LogP contribution in [0.1, 0.15) is 35.0 Å². The van der Waals surface area contributed by atoms with Crippen LogP contribution in [0.3, 0.4) is 0 Å². The first-order valence-electron chi connectivity index (χ1n) is 6.55. The van der Waals surface area contributed by atoms with Crippen molar-refractivity contribution in [1.82, 2.24) is 14.9 Å². The molecule has 2 aromatic heterocycles. The zero-order valence-corrected chi connectivity index (χ0v) is 11.7. The van der Waals surface area contributed by atoms with E-state index in [0.29, 0.717) is 6.54 Å². The maximum atomic E-state index is 12.6. The summed E-state index contributed by atoms with van der Waals surface area (Å²) in [7, 11) is 1.85. The highest BCUT2D eigenvalue weighted by molar-refractivity contribution is 7.10. The number of hydrogen-bond acceptors (Lipinski definition) is 3. The molecule has 1 amide bonds. The highest BCUT2D eigenvalue weighted by atomic mass is 32.1. The van der Waals surface area contributed by atoms with Crippen LogP contribution in [0.4, 0.5) is 0 Å². The first-order chi connectivity index (χ1) is 9.25. The molecule has 2 heterocycles. The second-order valence-corrected chi connectivity index (χ2v) is 5.97. The van der Waals surface area contributed by atoms with Gasteiger partial charge in [-0.25, -0.2) is 4.98 Å². The molecule has 1 aliphatic carbocycles. The summed E-state index contributed by atoms with van der Waals surface area (Å²) in [4.78, 5) is 22.9. The molecule has 0 spiro atoms. The second-order valence-electron chi connectivity index (χ2n) is 4.97. The van der Waals surface area contributed by atoms with Crippen molar-refractivity contribution in [2.24, 2.45) is 0 Å². The Balaban J connectivity index is 1.74. The topological polar surface area (TPSA) is 49.0 Å². The van der Waals surface area contributed by atoms with Gasteiger partial charge in [-0.05, 0) is 36.3 Å². The molecule has 100 valence electrons. The van der Waals surface area contributed by atoms with Crippen molar-refractivity contribution in [2.75, 3.05) is 7.05 Å². The first kappa shape index (κ1) is 12.4. The average Bonchev–Trinajstić information content (AvgIpc) is 3.07. The van der Waals surface area contributed by atoms with Gasteiger partial charge in [-0.3, -0.25) is 4.79 Å². The molecule has 1 atom stereocenters. The highest BCUT2D eigenvalue weighted by Gasteiger charge is 2.29. The molecule has 0 bridgehead atoms. The third kappa shape index (κ3) is 2.42. The second kappa shape index (κ2) is 5.17. The number of hydrogen-bond donors (Lipinski definition) is 1. The fourth-order valence-electron chi connectivity index (χ4n) is 2.70. The molecule has 0 fully saturated rings. The maximum Gasteiger partial charge on any atom is 0.230 e. The number of fused-ring (bicyclic) bond motifs is 1. The number of amides is 1. The van der Waals surface area contributed by atoms with Crippen LogP contribution < -0.4 is 0 Å². The van der Waals surface area contributed by atoms with E-state index < -0.39 is 0 Å². The number of carbonyl (C=O) groups is 1. The minimum Gasteiger partial charge on any atom is -0.347 e. The Labute approximate surface area is 116 Å². The van der Waals surface area contributed by atoms with Crippen LogP contribution >= 0.6 is 11.3 Å². The molecule has 3 rings (SSSR count). The number of carbonyl (C=O) groups excluding carboxylic acids is 1. The van der Waals surface area contributed by atoms with Gasteiger partial charge in [-0.15, -0.1) is 11.3 Å². The van der Waals surface area contributed by atoms with Gasteiger partial charge < -0.3 is 9.88 Å². The van der Waals surface area contributed by atoms with Crippen LogP contribution in [-0.2, 0) is 17.8 Å². The van der Waals surface area contributed by atoms with Crippen molar-refractivity contribution >= 4 is 17.2 Å². The summed E-state index contributed by atoms with van der Waals surface area (Å²) < 4.78 is 0. The van der Waals surface area contributed by atoms with Crippen LogP contribution in [0.5, 0.6) is 0 Å². The Kier molecular flexibility index (Phi) is 3.38. The van der Waals surface area contributed by atoms with Crippen molar-refractivity contribution in [3.8, 4) is 0 Å². The molecule has 0 saturated carbocycles. The molecule has 0 radical (unpaired) electrons. The highest BCUT2D eigenvalue weighted by Crippen LogP contribution is 2.35. The lowest BCUT2D eigenvalue weighted by atomic mass is 9.87. The standard InChI is InChI=1S/C14H17N3OS/c1-17(9-13-15-6-7-16-13)14(18)11-3-2-4-12-10(11)5-8-19-12/h5-8,11H,2-4,9H2,1H3,(H,15,16). The van der Waals surface area contributed by atoms with E-state index in [9.17, 15) is 4.79 Å². The Morgan fingerprint density at radius 3 is 3.32 bits per heavy atom. The minimum absolute atomic E-state index is 0.0370. The zero-order chi connectivity index (χ0) is 13.2. The molecule has 4 nitrogen and oxygen atoms in total. The predicted molar refractivity (Wildman–Crippen MR) is 75.1 cm³/mol. The quantitative estimate of drug-likeness (QED) is 0.936. The zero-order valence-electron chi connectivity index (χ0n) is 10.9. The number of thiophene rings is 1. The summed E-state index contributed by atoms with van der Waals surface area (Å²) in [5.74, 6) is 1.07. The van der Waals surface area contributed by atoms with Gasteiger partial charge in [0, 0.05) is 24.3 Å². The number of nitrogens with zero attached hydrogens (tertiary/aromatic N) is 2. The molecule has 1 aliphatic rings. The smallest absolute Gasteiger partial charge is 0.230 e. The molecule has 0 aliphatic heterocycles. The summed E-state index contributed by atoms with van der Waals surface area (Å²) in [6, 6.07) is 2.11. The number of aromatic amines is 1. The lowest BCUT2D eigenvalue weighted by molar-refractivity contribution is -0.132. The van der Waals surface area contributed by atoms with E-state index in [1.807, 2.05) is 7.05 Å². The van der Waals surface area contributed by atoms with Gasteiger partial charge in [0.1, 0.15) is 5.82 Å². The Hall–Kier alpha value is -1.62. The molecule has 0 aromatic carbocycles. The van der Waals surface area contributed by atoms with Gasteiger partial charge in [0.15, 0.2) is 0 Å². The number of imidazole rings is 1. The van der Waals surface area contributed by atoms with E-state index in [2.05, 4.69) is 21.4 Å². The van der Waals surface area contributed by atoms with E-state index in [0.717, 1.165) is 25.1 Å². The number of nitrogens with one attached hydrogen (secondary N) is 1. The maximum absolute atomic E-state index is 12.6. The Morgan fingerprint density at radius 1 is 1.63 bits per heavy atom. The van der Waals surface area contributed by atoms with Crippen molar-refractivity contribution in [3.05, 3.63) is 40.1 Å². The van der Waals surface area contributed by atoms with Gasteiger partial charge in [0.25, 0.3) is 0 Å². The summed E-state index contributed by atoms with van der Waals surface area (Å²) in [5.41, 5.74) is 1.24. The molecule has 1 unspecified atom stereocenters. The van der Waals surface area contributed by atoms with E-state index in [1.54, 1.807) is 28.6 Å². The summed E-state index contributed by atoms with van der Waals surface area (Å²) in [5, 5.41) is 2.10.